The predicted octanol–water partition coefficient (Wildman–Crippen LogP) is -0.0512. The molecular weight excluding hydrogens is 202 g/mol. The molecule has 2 unspecified atom stereocenters. The summed E-state index contributed by atoms with van der Waals surface area (Å²) >= 11 is 0. The van der Waals surface area contributed by atoms with E-state index >= 15 is 0 Å². The van der Waals surface area contributed by atoms with Crippen molar-refractivity contribution in [3.05, 3.63) is 0 Å². The van der Waals surface area contributed by atoms with Gasteiger partial charge in [0.25, 0.3) is 0 Å². The van der Waals surface area contributed by atoms with Crippen LogP contribution in [0.25, 0.3) is 0 Å². The van der Waals surface area contributed by atoms with Crippen molar-refractivity contribution in [1.29, 1.82) is 0 Å². The maximum absolute atomic E-state index is 12.0. The van der Waals surface area contributed by atoms with Crippen LogP contribution < -0.4 is 10.6 Å². The van der Waals surface area contributed by atoms with Crippen molar-refractivity contribution in [2.75, 3.05) is 26.2 Å². The van der Waals surface area contributed by atoms with Gasteiger partial charge < -0.3 is 15.5 Å². The minimum atomic E-state index is 0.0791. The van der Waals surface area contributed by atoms with Crippen LogP contribution in [0.3, 0.4) is 0 Å². The maximum atomic E-state index is 12.0. The molecule has 4 fully saturated rings. The van der Waals surface area contributed by atoms with E-state index in [-0.39, 0.29) is 11.9 Å². The second-order valence-corrected chi connectivity index (χ2v) is 5.40. The normalized spacial score (nSPS) is 42.2. The fourth-order valence-corrected chi connectivity index (χ4v) is 3.32. The number of carbonyl (C=O) groups excluding carboxylic acids is 1. The number of carbonyl (C=O) groups is 1. The van der Waals surface area contributed by atoms with Gasteiger partial charge in [0.1, 0.15) is 0 Å². The molecule has 16 heavy (non-hydrogen) atoms. The Balaban J connectivity index is 1.56. The average molecular weight is 223 g/mol. The third-order valence-corrected chi connectivity index (χ3v) is 4.36. The quantitative estimate of drug-likeness (QED) is 0.690. The Bertz CT molecular complexity index is 267. The van der Waals surface area contributed by atoms with Gasteiger partial charge in [-0.05, 0) is 51.2 Å². The van der Waals surface area contributed by atoms with E-state index in [1.807, 2.05) is 0 Å². The lowest BCUT2D eigenvalue weighted by atomic mass is 9.84. The molecule has 0 aromatic carbocycles. The first kappa shape index (κ1) is 10.5. The van der Waals surface area contributed by atoms with Crippen LogP contribution in [0.4, 0.5) is 0 Å². The van der Waals surface area contributed by atoms with Crippen LogP contribution in [0.2, 0.25) is 0 Å². The summed E-state index contributed by atoms with van der Waals surface area (Å²) in [4.78, 5) is 14.5. The highest BCUT2D eigenvalue weighted by atomic mass is 16.2. The van der Waals surface area contributed by atoms with Gasteiger partial charge in [-0.15, -0.1) is 0 Å². The number of piperidine rings is 3. The van der Waals surface area contributed by atoms with Crippen LogP contribution >= 0.6 is 0 Å². The Kier molecular flexibility index (Phi) is 2.86. The van der Waals surface area contributed by atoms with Gasteiger partial charge in [0.05, 0.1) is 6.04 Å². The monoisotopic (exact) mass is 223 g/mol. The van der Waals surface area contributed by atoms with Gasteiger partial charge in [0.2, 0.25) is 5.91 Å². The molecule has 2 N–H and O–H groups in total. The van der Waals surface area contributed by atoms with Gasteiger partial charge in [0, 0.05) is 12.6 Å². The summed E-state index contributed by atoms with van der Waals surface area (Å²) < 4.78 is 0. The van der Waals surface area contributed by atoms with Gasteiger partial charge in [-0.1, -0.05) is 0 Å². The summed E-state index contributed by atoms with van der Waals surface area (Å²) in [6.07, 6.45) is 4.68. The minimum absolute atomic E-state index is 0.0791. The summed E-state index contributed by atoms with van der Waals surface area (Å²) in [5, 5.41) is 6.51. The number of hydrogen-bond donors (Lipinski definition) is 2. The predicted molar refractivity (Wildman–Crippen MR) is 62.1 cm³/mol. The fourth-order valence-electron chi connectivity index (χ4n) is 3.32. The molecule has 2 atom stereocenters. The first-order valence-corrected chi connectivity index (χ1v) is 6.59. The molecular formula is C12H21N3O. The van der Waals surface area contributed by atoms with Crippen molar-refractivity contribution in [3.63, 3.8) is 0 Å². The molecule has 4 aliphatic rings. The second-order valence-electron chi connectivity index (χ2n) is 5.40. The van der Waals surface area contributed by atoms with Crippen molar-refractivity contribution < 1.29 is 4.79 Å². The zero-order valence-corrected chi connectivity index (χ0v) is 9.74. The first-order chi connectivity index (χ1) is 7.83. The maximum Gasteiger partial charge on any atom is 0.237 e. The Hall–Kier alpha value is -0.610. The van der Waals surface area contributed by atoms with Crippen molar-refractivity contribution in [1.82, 2.24) is 15.5 Å². The van der Waals surface area contributed by atoms with E-state index in [0.717, 1.165) is 31.8 Å². The van der Waals surface area contributed by atoms with Gasteiger partial charge in [-0.3, -0.25) is 4.79 Å². The summed E-state index contributed by atoms with van der Waals surface area (Å²) in [6, 6.07) is 0.493. The third-order valence-electron chi connectivity index (χ3n) is 4.36. The van der Waals surface area contributed by atoms with Crippen LogP contribution in [-0.4, -0.2) is 49.1 Å². The number of rotatable bonds is 2. The molecule has 2 bridgehead atoms. The van der Waals surface area contributed by atoms with Crippen molar-refractivity contribution >= 4 is 5.91 Å². The van der Waals surface area contributed by atoms with E-state index in [2.05, 4.69) is 15.5 Å². The zero-order valence-electron chi connectivity index (χ0n) is 9.74. The van der Waals surface area contributed by atoms with Gasteiger partial charge in [0.15, 0.2) is 0 Å². The summed E-state index contributed by atoms with van der Waals surface area (Å²) in [5.74, 6) is 0.964. The number of nitrogens with one attached hydrogen (secondary N) is 2. The zero-order chi connectivity index (χ0) is 11.0. The lowest BCUT2D eigenvalue weighted by molar-refractivity contribution is -0.124. The molecule has 4 rings (SSSR count). The number of nitrogens with zero attached hydrogens (tertiary/aromatic N) is 1. The van der Waals surface area contributed by atoms with Gasteiger partial charge in [-0.2, -0.15) is 0 Å². The van der Waals surface area contributed by atoms with Crippen LogP contribution in [0, 0.1) is 5.92 Å². The largest absolute Gasteiger partial charge is 0.350 e. The van der Waals surface area contributed by atoms with E-state index in [4.69, 9.17) is 0 Å². The van der Waals surface area contributed by atoms with Crippen molar-refractivity contribution in [3.8, 4) is 0 Å². The first-order valence-electron chi connectivity index (χ1n) is 6.59. The van der Waals surface area contributed by atoms with Crippen LogP contribution in [0.1, 0.15) is 25.7 Å². The number of amides is 1. The molecule has 4 nitrogen and oxygen atoms in total. The second kappa shape index (κ2) is 4.34. The molecule has 4 heteroatoms. The molecule has 1 amide bonds. The van der Waals surface area contributed by atoms with Crippen molar-refractivity contribution in [2.24, 2.45) is 5.92 Å². The Labute approximate surface area is 96.8 Å². The highest BCUT2D eigenvalue weighted by Crippen LogP contribution is 2.27. The van der Waals surface area contributed by atoms with Gasteiger partial charge >= 0.3 is 0 Å². The van der Waals surface area contributed by atoms with Crippen LogP contribution in [0.5, 0.6) is 0 Å². The van der Waals surface area contributed by atoms with E-state index in [1.165, 1.54) is 25.9 Å². The van der Waals surface area contributed by atoms with E-state index in [0.29, 0.717) is 6.04 Å². The summed E-state index contributed by atoms with van der Waals surface area (Å²) in [5.41, 5.74) is 0. The van der Waals surface area contributed by atoms with Crippen LogP contribution in [-0.2, 0) is 4.79 Å². The highest BCUT2D eigenvalue weighted by Gasteiger charge is 2.36. The topological polar surface area (TPSA) is 44.4 Å². The Morgan fingerprint density at radius 2 is 2.06 bits per heavy atom. The number of hydrogen-bond acceptors (Lipinski definition) is 3. The van der Waals surface area contributed by atoms with Crippen molar-refractivity contribution in [2.45, 2.75) is 37.8 Å². The molecule has 0 radical (unpaired) electrons. The Morgan fingerprint density at radius 1 is 1.25 bits per heavy atom. The molecule has 4 saturated heterocycles. The van der Waals surface area contributed by atoms with Crippen LogP contribution in [0.15, 0.2) is 0 Å². The van der Waals surface area contributed by atoms with E-state index in [1.54, 1.807) is 0 Å². The molecule has 0 aromatic heterocycles. The molecule has 90 valence electrons. The highest BCUT2D eigenvalue weighted by molar-refractivity contribution is 5.82. The number of fused-ring (bicyclic) bond motifs is 3. The molecule has 4 aliphatic heterocycles. The van der Waals surface area contributed by atoms with Gasteiger partial charge in [-0.25, -0.2) is 0 Å². The summed E-state index contributed by atoms with van der Waals surface area (Å²) in [6.45, 7) is 4.54. The standard InChI is InChI=1S/C12H21N3O/c16-12(10-2-1-5-13-10)14-11-8-15-6-3-9(11)4-7-15/h9-11,13H,1-8H2,(H,14,16). The smallest absolute Gasteiger partial charge is 0.237 e. The fraction of sp³-hybridized carbons (Fsp3) is 0.917. The molecule has 0 aromatic rings. The van der Waals surface area contributed by atoms with E-state index < -0.39 is 0 Å². The lowest BCUT2D eigenvalue weighted by Gasteiger charge is -2.45. The van der Waals surface area contributed by atoms with E-state index in [9.17, 15) is 4.79 Å². The molecule has 4 heterocycles. The summed E-state index contributed by atoms with van der Waals surface area (Å²) in [7, 11) is 0. The molecule has 0 saturated carbocycles. The molecule has 0 spiro atoms. The Morgan fingerprint density at radius 3 is 2.62 bits per heavy atom. The average Bonchev–Trinajstić information content (AvgIpc) is 2.84. The minimum Gasteiger partial charge on any atom is -0.350 e. The lowest BCUT2D eigenvalue weighted by Crippen LogP contribution is -2.59. The SMILES string of the molecule is O=C(NC1CN2CCC1CC2)C1CCCN1. The third kappa shape index (κ3) is 1.96. The molecule has 0 aliphatic carbocycles.